The zero-order valence-electron chi connectivity index (χ0n) is 12.4. The van der Waals surface area contributed by atoms with Gasteiger partial charge in [-0.1, -0.05) is 12.2 Å². The van der Waals surface area contributed by atoms with E-state index in [1.807, 2.05) is 13.8 Å². The van der Waals surface area contributed by atoms with Gasteiger partial charge in [-0.05, 0) is 68.6 Å². The van der Waals surface area contributed by atoms with Gasteiger partial charge in [-0.25, -0.2) is 0 Å². The van der Waals surface area contributed by atoms with Gasteiger partial charge in [-0.2, -0.15) is 0 Å². The molecule has 0 aromatic carbocycles. The summed E-state index contributed by atoms with van der Waals surface area (Å²) in [6.45, 7) is 5.36. The van der Waals surface area contributed by atoms with Gasteiger partial charge in [0.1, 0.15) is 0 Å². The Balaban J connectivity index is 1.43. The Hall–Kier alpha value is 0.0500. The fourth-order valence-electron chi connectivity index (χ4n) is 5.50. The van der Waals surface area contributed by atoms with Gasteiger partial charge in [0.15, 0.2) is 0 Å². The molecule has 0 radical (unpaired) electrons. The fraction of sp³-hybridized carbons (Fsp3) is 0.875. The first-order valence-corrected chi connectivity index (χ1v) is 9.32. The summed E-state index contributed by atoms with van der Waals surface area (Å²) in [5.41, 5.74) is 0. The van der Waals surface area contributed by atoms with Gasteiger partial charge < -0.3 is 13.6 Å². The Kier molecular flexibility index (Phi) is 3.67. The summed E-state index contributed by atoms with van der Waals surface area (Å²) in [4.78, 5) is 0. The molecule has 4 bridgehead atoms. The maximum absolute atomic E-state index is 6.24. The molecule has 4 aliphatic carbocycles. The molecule has 0 heterocycles. The van der Waals surface area contributed by atoms with Crippen molar-refractivity contribution in [1.82, 2.24) is 0 Å². The smallest absolute Gasteiger partial charge is 0.313 e. The summed E-state index contributed by atoms with van der Waals surface area (Å²) in [7, 11) is -1.13. The van der Waals surface area contributed by atoms with E-state index in [4.69, 9.17) is 13.6 Å². The summed E-state index contributed by atoms with van der Waals surface area (Å²) in [6.07, 6.45) is 9.41. The van der Waals surface area contributed by atoms with Crippen LogP contribution < -0.4 is 0 Å². The normalized spacial score (nSPS) is 47.6. The molecule has 7 atom stereocenters. The van der Waals surface area contributed by atoms with Crippen LogP contribution in [0.4, 0.5) is 0 Å². The van der Waals surface area contributed by atoms with Crippen molar-refractivity contribution in [1.29, 1.82) is 0 Å². The Morgan fingerprint density at radius 2 is 1.65 bits per heavy atom. The van der Waals surface area contributed by atoms with E-state index in [1.54, 1.807) is 0 Å². The Morgan fingerprint density at radius 1 is 0.950 bits per heavy atom. The van der Waals surface area contributed by atoms with Crippen molar-refractivity contribution in [3.8, 4) is 0 Å². The number of rotatable bonds is 6. The third-order valence-electron chi connectivity index (χ3n) is 5.90. The SMILES string of the molecule is CCOP(OCC)OC1CC2CC1C1C3C=CC(C3)C21. The standard InChI is InChI=1S/C16H25O3P/c1-3-17-20(18-4-2)19-14-9-12-8-13(14)16-11-6-5-10(7-11)15(12)16/h5-6,10-16H,3-4,7-9H2,1-2H3. The summed E-state index contributed by atoms with van der Waals surface area (Å²) < 4.78 is 17.5. The van der Waals surface area contributed by atoms with Crippen LogP contribution >= 0.6 is 8.60 Å². The van der Waals surface area contributed by atoms with E-state index in [0.717, 1.165) is 35.5 Å². The number of hydrogen-bond acceptors (Lipinski definition) is 3. The number of hydrogen-bond donors (Lipinski definition) is 0. The zero-order chi connectivity index (χ0) is 13.7. The van der Waals surface area contributed by atoms with E-state index in [-0.39, 0.29) is 0 Å². The molecule has 4 rings (SSSR count). The van der Waals surface area contributed by atoms with Crippen LogP contribution in [0, 0.1) is 35.5 Å². The van der Waals surface area contributed by atoms with Gasteiger partial charge >= 0.3 is 8.60 Å². The highest BCUT2D eigenvalue weighted by Gasteiger charge is 2.61. The average molecular weight is 296 g/mol. The first kappa shape index (κ1) is 13.7. The first-order chi connectivity index (χ1) is 9.81. The van der Waals surface area contributed by atoms with Crippen molar-refractivity contribution in [2.45, 2.75) is 39.2 Å². The summed E-state index contributed by atoms with van der Waals surface area (Å²) >= 11 is 0. The lowest BCUT2D eigenvalue weighted by Gasteiger charge is -2.37. The predicted molar refractivity (Wildman–Crippen MR) is 79.0 cm³/mol. The van der Waals surface area contributed by atoms with Crippen LogP contribution in [0.2, 0.25) is 0 Å². The minimum atomic E-state index is -1.13. The van der Waals surface area contributed by atoms with Gasteiger partial charge in [0, 0.05) is 0 Å². The largest absolute Gasteiger partial charge is 0.332 e. The quantitative estimate of drug-likeness (QED) is 0.419. The third kappa shape index (κ3) is 2.01. The highest BCUT2D eigenvalue weighted by Crippen LogP contribution is 2.67. The topological polar surface area (TPSA) is 27.7 Å². The van der Waals surface area contributed by atoms with E-state index in [9.17, 15) is 0 Å². The Bertz CT molecular complexity index is 393. The van der Waals surface area contributed by atoms with Crippen LogP contribution in [0.15, 0.2) is 12.2 Å². The van der Waals surface area contributed by atoms with Crippen molar-refractivity contribution < 1.29 is 13.6 Å². The maximum atomic E-state index is 6.24. The monoisotopic (exact) mass is 296 g/mol. The van der Waals surface area contributed by atoms with E-state index < -0.39 is 8.60 Å². The lowest BCUT2D eigenvalue weighted by atomic mass is 9.72. The molecule has 0 amide bonds. The first-order valence-electron chi connectivity index (χ1n) is 8.22. The second-order valence-corrected chi connectivity index (χ2v) is 7.88. The second kappa shape index (κ2) is 5.35. The summed E-state index contributed by atoms with van der Waals surface area (Å²) in [6, 6.07) is 0. The highest BCUT2D eigenvalue weighted by atomic mass is 31.2. The van der Waals surface area contributed by atoms with Gasteiger partial charge in [0.2, 0.25) is 0 Å². The molecule has 0 N–H and O–H groups in total. The van der Waals surface area contributed by atoms with Crippen molar-refractivity contribution in [2.24, 2.45) is 35.5 Å². The van der Waals surface area contributed by atoms with Gasteiger partial charge in [-0.3, -0.25) is 0 Å². The molecule has 3 fully saturated rings. The fourth-order valence-corrected chi connectivity index (χ4v) is 6.58. The summed E-state index contributed by atoms with van der Waals surface area (Å²) in [5, 5.41) is 0. The highest BCUT2D eigenvalue weighted by molar-refractivity contribution is 7.41. The Labute approximate surface area is 123 Å². The van der Waals surface area contributed by atoms with Gasteiger partial charge in [0.05, 0.1) is 19.3 Å². The molecule has 0 spiro atoms. The molecular formula is C16H25O3P. The van der Waals surface area contributed by atoms with Crippen LogP contribution in [0.25, 0.3) is 0 Å². The van der Waals surface area contributed by atoms with Crippen LogP contribution in [0.5, 0.6) is 0 Å². The van der Waals surface area contributed by atoms with E-state index in [0.29, 0.717) is 19.3 Å². The molecule has 7 unspecified atom stereocenters. The van der Waals surface area contributed by atoms with Gasteiger partial charge in [-0.15, -0.1) is 0 Å². The second-order valence-electron chi connectivity index (χ2n) is 6.70. The Morgan fingerprint density at radius 3 is 2.35 bits per heavy atom. The van der Waals surface area contributed by atoms with Crippen LogP contribution in [-0.4, -0.2) is 19.3 Å². The predicted octanol–water partition coefficient (Wildman–Crippen LogP) is 4.15. The van der Waals surface area contributed by atoms with Crippen LogP contribution in [-0.2, 0) is 13.6 Å². The number of fused-ring (bicyclic) bond motifs is 9. The van der Waals surface area contributed by atoms with E-state index >= 15 is 0 Å². The maximum Gasteiger partial charge on any atom is 0.332 e. The molecule has 3 nitrogen and oxygen atoms in total. The summed E-state index contributed by atoms with van der Waals surface area (Å²) in [5.74, 6) is 5.26. The molecular weight excluding hydrogens is 271 g/mol. The van der Waals surface area contributed by atoms with Gasteiger partial charge in [0.25, 0.3) is 0 Å². The van der Waals surface area contributed by atoms with Crippen LogP contribution in [0.1, 0.15) is 33.1 Å². The zero-order valence-corrected chi connectivity index (χ0v) is 13.3. The van der Waals surface area contributed by atoms with Crippen molar-refractivity contribution in [3.63, 3.8) is 0 Å². The number of allylic oxidation sites excluding steroid dienone is 2. The average Bonchev–Trinajstić information content (AvgIpc) is 3.17. The third-order valence-corrected chi connectivity index (χ3v) is 7.28. The van der Waals surface area contributed by atoms with Crippen LogP contribution in [0.3, 0.4) is 0 Å². The van der Waals surface area contributed by atoms with Crippen molar-refractivity contribution >= 4 is 8.60 Å². The molecule has 4 aliphatic rings. The lowest BCUT2D eigenvalue weighted by molar-refractivity contribution is 0.0432. The molecule has 0 saturated heterocycles. The molecule has 0 aromatic rings. The molecule has 20 heavy (non-hydrogen) atoms. The van der Waals surface area contributed by atoms with E-state index in [2.05, 4.69) is 12.2 Å². The molecule has 0 aromatic heterocycles. The molecule has 0 aliphatic heterocycles. The lowest BCUT2D eigenvalue weighted by Crippen LogP contribution is -2.34. The van der Waals surface area contributed by atoms with E-state index in [1.165, 1.54) is 19.3 Å². The molecule has 4 heteroatoms. The minimum absolute atomic E-state index is 0.387. The van der Waals surface area contributed by atoms with Crippen molar-refractivity contribution in [2.75, 3.05) is 13.2 Å². The minimum Gasteiger partial charge on any atom is -0.313 e. The molecule has 112 valence electrons. The van der Waals surface area contributed by atoms with Crippen molar-refractivity contribution in [3.05, 3.63) is 12.2 Å². The molecule has 3 saturated carbocycles.